The van der Waals surface area contributed by atoms with E-state index in [4.69, 9.17) is 4.74 Å². The van der Waals surface area contributed by atoms with E-state index in [1.807, 2.05) is 0 Å². The Kier molecular flexibility index (Phi) is 4.44. The fraction of sp³-hybridized carbons (Fsp3) is 0.926. The molecular weight excluding hydrogens is 370 g/mol. The summed E-state index contributed by atoms with van der Waals surface area (Å²) in [7, 11) is 0. The lowest BCUT2D eigenvalue weighted by molar-refractivity contribution is -0.786. The molecule has 5 fully saturated rings. The van der Waals surface area contributed by atoms with Gasteiger partial charge in [-0.05, 0) is 80.5 Å². The molecule has 4 aliphatic carbocycles. The molecule has 168 valence electrons. The first-order valence-electron chi connectivity index (χ1n) is 13.2. The van der Waals surface area contributed by atoms with Crippen LogP contribution in [-0.2, 0) is 4.74 Å². The first kappa shape index (κ1) is 20.2. The Morgan fingerprint density at radius 3 is 2.60 bits per heavy atom. The molecule has 11 atom stereocenters. The average Bonchev–Trinajstić information content (AvgIpc) is 3.12. The van der Waals surface area contributed by atoms with Gasteiger partial charge in [-0.2, -0.15) is 0 Å². The molecule has 0 aromatic carbocycles. The zero-order valence-corrected chi connectivity index (χ0v) is 19.7. The third kappa shape index (κ3) is 2.49. The molecule has 0 aromatic rings. The Morgan fingerprint density at radius 2 is 1.83 bits per heavy atom. The van der Waals surface area contributed by atoms with E-state index in [1.165, 1.54) is 51.5 Å². The van der Waals surface area contributed by atoms with Gasteiger partial charge in [-0.3, -0.25) is 0 Å². The number of nitrogens with two attached hydrogens (primary N) is 1. The number of aliphatic hydroxyl groups excluding tert-OH is 1. The van der Waals surface area contributed by atoms with Crippen molar-refractivity contribution in [2.24, 2.45) is 46.3 Å². The topological polar surface area (TPSA) is 46.1 Å². The molecular formula is C27H44NO2+. The molecule has 0 amide bonds. The standard InChI is InChI=1S/C27H43NO2/c1-16-9-12-27(28-15-16)17(2)26(4)23-8-7-22-20(21(23)14-24(26)30-27)6-5-18-13-19(29)10-11-25(18,22)3/h5,16-17,19-24,28-29H,6-15H2,1-4H3/p+1. The number of rotatable bonds is 0. The van der Waals surface area contributed by atoms with Gasteiger partial charge in [0.1, 0.15) is 0 Å². The Hall–Kier alpha value is -0.380. The van der Waals surface area contributed by atoms with Crippen molar-refractivity contribution >= 4 is 0 Å². The molecule has 2 heterocycles. The fourth-order valence-electron chi connectivity index (χ4n) is 9.86. The largest absolute Gasteiger partial charge is 0.393 e. The van der Waals surface area contributed by atoms with Crippen molar-refractivity contribution < 1.29 is 15.2 Å². The van der Waals surface area contributed by atoms with Gasteiger partial charge >= 0.3 is 0 Å². The SMILES string of the molecule is CC1CCC2([NH2+]C1)OC1CC3C4CC=C5CC(O)CCC5(C)C4CCC3C1(C)C2C. The molecule has 0 radical (unpaired) electrons. The van der Waals surface area contributed by atoms with Crippen molar-refractivity contribution in [1.82, 2.24) is 0 Å². The van der Waals surface area contributed by atoms with Crippen LogP contribution >= 0.6 is 0 Å². The molecule has 11 unspecified atom stereocenters. The minimum absolute atomic E-state index is 0.0683. The van der Waals surface area contributed by atoms with E-state index >= 15 is 0 Å². The monoisotopic (exact) mass is 414 g/mol. The van der Waals surface area contributed by atoms with Gasteiger partial charge in [0.25, 0.3) is 0 Å². The van der Waals surface area contributed by atoms with Crippen LogP contribution in [0.4, 0.5) is 0 Å². The third-order valence-corrected chi connectivity index (χ3v) is 11.9. The molecule has 1 spiro atoms. The summed E-state index contributed by atoms with van der Waals surface area (Å²) in [4.78, 5) is 0. The molecule has 6 aliphatic rings. The molecule has 2 saturated heterocycles. The van der Waals surface area contributed by atoms with Crippen molar-refractivity contribution in [3.8, 4) is 0 Å². The van der Waals surface area contributed by atoms with Gasteiger partial charge in [0, 0.05) is 23.7 Å². The first-order valence-corrected chi connectivity index (χ1v) is 13.2. The van der Waals surface area contributed by atoms with Gasteiger partial charge in [0.05, 0.1) is 18.8 Å². The normalized spacial score (nSPS) is 59.8. The summed E-state index contributed by atoms with van der Waals surface area (Å²) in [5.41, 5.74) is 2.38. The van der Waals surface area contributed by atoms with Crippen LogP contribution in [0, 0.1) is 46.3 Å². The van der Waals surface area contributed by atoms with Gasteiger partial charge in [0.2, 0.25) is 5.72 Å². The van der Waals surface area contributed by atoms with Crippen LogP contribution in [0.25, 0.3) is 0 Å². The first-order chi connectivity index (χ1) is 14.3. The molecule has 3 N–H and O–H groups in total. The number of hydrogen-bond acceptors (Lipinski definition) is 2. The zero-order valence-electron chi connectivity index (χ0n) is 19.7. The van der Waals surface area contributed by atoms with E-state index in [1.54, 1.807) is 5.57 Å². The lowest BCUT2D eigenvalue weighted by atomic mass is 9.49. The molecule has 30 heavy (non-hydrogen) atoms. The smallest absolute Gasteiger partial charge is 0.203 e. The summed E-state index contributed by atoms with van der Waals surface area (Å²) >= 11 is 0. The van der Waals surface area contributed by atoms with Crippen LogP contribution in [0.2, 0.25) is 0 Å². The summed E-state index contributed by atoms with van der Waals surface area (Å²) in [5, 5.41) is 12.9. The number of aliphatic hydroxyl groups is 1. The number of hydrogen-bond donors (Lipinski definition) is 2. The Morgan fingerprint density at radius 1 is 1.03 bits per heavy atom. The number of quaternary nitrogens is 1. The highest BCUT2D eigenvalue weighted by atomic mass is 16.5. The van der Waals surface area contributed by atoms with E-state index in [0.29, 0.717) is 22.9 Å². The Labute approximate surface area is 183 Å². The van der Waals surface area contributed by atoms with Crippen LogP contribution in [0.15, 0.2) is 11.6 Å². The highest BCUT2D eigenvalue weighted by molar-refractivity contribution is 5.26. The summed E-state index contributed by atoms with van der Waals surface area (Å²) in [6.45, 7) is 11.4. The van der Waals surface area contributed by atoms with E-state index in [9.17, 15) is 5.11 Å². The van der Waals surface area contributed by atoms with E-state index in [0.717, 1.165) is 42.4 Å². The fourth-order valence-corrected chi connectivity index (χ4v) is 9.86. The van der Waals surface area contributed by atoms with Gasteiger partial charge < -0.3 is 15.2 Å². The van der Waals surface area contributed by atoms with Gasteiger partial charge in [-0.15, -0.1) is 0 Å². The second-order valence-corrected chi connectivity index (χ2v) is 12.9. The Bertz CT molecular complexity index is 739. The number of ether oxygens (including phenoxy) is 1. The zero-order chi connectivity index (χ0) is 20.9. The van der Waals surface area contributed by atoms with Crippen molar-refractivity contribution in [3.63, 3.8) is 0 Å². The maximum Gasteiger partial charge on any atom is 0.203 e. The van der Waals surface area contributed by atoms with Crippen LogP contribution in [0.3, 0.4) is 0 Å². The van der Waals surface area contributed by atoms with Crippen LogP contribution < -0.4 is 5.32 Å². The van der Waals surface area contributed by atoms with Crippen molar-refractivity contribution in [2.75, 3.05) is 6.54 Å². The van der Waals surface area contributed by atoms with E-state index < -0.39 is 0 Å². The molecule has 3 nitrogen and oxygen atoms in total. The molecule has 3 saturated carbocycles. The minimum Gasteiger partial charge on any atom is -0.393 e. The predicted molar refractivity (Wildman–Crippen MR) is 119 cm³/mol. The number of fused-ring (bicyclic) bond motifs is 7. The molecule has 0 bridgehead atoms. The molecule has 6 rings (SSSR count). The van der Waals surface area contributed by atoms with Gasteiger partial charge in [0.15, 0.2) is 0 Å². The predicted octanol–water partition coefficient (Wildman–Crippen LogP) is 4.26. The maximum absolute atomic E-state index is 10.3. The van der Waals surface area contributed by atoms with Gasteiger partial charge in [-0.25, -0.2) is 0 Å². The second kappa shape index (κ2) is 6.58. The second-order valence-electron chi connectivity index (χ2n) is 12.9. The van der Waals surface area contributed by atoms with Crippen LogP contribution in [0.1, 0.15) is 85.5 Å². The number of allylic oxidation sites excluding steroid dienone is 1. The van der Waals surface area contributed by atoms with E-state index in [2.05, 4.69) is 39.1 Å². The number of piperidine rings is 1. The van der Waals surface area contributed by atoms with Crippen molar-refractivity contribution in [3.05, 3.63) is 11.6 Å². The Balaban J connectivity index is 1.28. The summed E-state index contributed by atoms with van der Waals surface area (Å²) in [5.74, 6) is 4.86. The quantitative estimate of drug-likeness (QED) is 0.582. The molecule has 2 aliphatic heterocycles. The highest BCUT2D eigenvalue weighted by Gasteiger charge is 2.71. The molecule has 0 aromatic heterocycles. The van der Waals surface area contributed by atoms with Gasteiger partial charge in [-0.1, -0.05) is 39.3 Å². The van der Waals surface area contributed by atoms with Crippen LogP contribution in [-0.4, -0.2) is 29.6 Å². The van der Waals surface area contributed by atoms with E-state index in [-0.39, 0.29) is 11.8 Å². The van der Waals surface area contributed by atoms with Crippen LogP contribution in [0.5, 0.6) is 0 Å². The average molecular weight is 415 g/mol. The lowest BCUT2D eigenvalue weighted by Gasteiger charge is -2.56. The van der Waals surface area contributed by atoms with Crippen molar-refractivity contribution in [1.29, 1.82) is 0 Å². The summed E-state index contributed by atoms with van der Waals surface area (Å²) in [6, 6.07) is 0. The highest BCUT2D eigenvalue weighted by Crippen LogP contribution is 2.69. The van der Waals surface area contributed by atoms with Crippen molar-refractivity contribution in [2.45, 2.75) is 103 Å². The summed E-state index contributed by atoms with van der Waals surface area (Å²) < 4.78 is 7.09. The third-order valence-electron chi connectivity index (χ3n) is 11.9. The minimum atomic E-state index is -0.0955. The maximum atomic E-state index is 10.3. The molecule has 3 heteroatoms. The lowest BCUT2D eigenvalue weighted by Crippen LogP contribution is -3.00. The summed E-state index contributed by atoms with van der Waals surface area (Å²) in [6.07, 6.45) is 14.0.